The van der Waals surface area contributed by atoms with Crippen LogP contribution >= 0.6 is 0 Å². The van der Waals surface area contributed by atoms with Crippen LogP contribution in [0.5, 0.6) is 11.6 Å². The summed E-state index contributed by atoms with van der Waals surface area (Å²) in [6, 6.07) is 32.2. The number of aryl methyl sites for hydroxylation is 1. The molecule has 0 unspecified atom stereocenters. The van der Waals surface area contributed by atoms with Gasteiger partial charge in [-0.05, 0) is 35.9 Å². The molecule has 0 radical (unpaired) electrons. The molecule has 5 nitrogen and oxygen atoms in total. The Morgan fingerprint density at radius 1 is 0.833 bits per heavy atom. The summed E-state index contributed by atoms with van der Waals surface area (Å²) in [5.41, 5.74) is 2.88. The van der Waals surface area contributed by atoms with Gasteiger partial charge in [0.1, 0.15) is 5.75 Å². The van der Waals surface area contributed by atoms with Gasteiger partial charge in [0.25, 0.3) is 0 Å². The number of carbonyl (C=O) groups is 1. The smallest absolute Gasteiger partial charge is 0.493 e. The zero-order valence-electron chi connectivity index (χ0n) is 19.8. The van der Waals surface area contributed by atoms with Crippen LogP contribution in [0.3, 0.4) is 0 Å². The van der Waals surface area contributed by atoms with Crippen molar-refractivity contribution >= 4 is 33.9 Å². The number of para-hydroxylation sites is 1. The molecule has 0 fully saturated rings. The van der Waals surface area contributed by atoms with E-state index in [0.717, 1.165) is 39.4 Å². The van der Waals surface area contributed by atoms with Gasteiger partial charge in [-0.15, -0.1) is 0 Å². The highest BCUT2D eigenvalue weighted by molar-refractivity contribution is 5.93. The van der Waals surface area contributed by atoms with Crippen LogP contribution in [0.1, 0.15) is 17.5 Å². The van der Waals surface area contributed by atoms with Crippen LogP contribution in [0.2, 0.25) is 0 Å². The van der Waals surface area contributed by atoms with Gasteiger partial charge in [-0.25, -0.2) is 4.79 Å². The predicted molar refractivity (Wildman–Crippen MR) is 144 cm³/mol. The standard InChI is InChI=1S/C31H27NO4/c33-31(34)36-30-27(18-8-13-23-11-2-1-3-12-23)26-17-6-7-19-28(26)32(30)21-10-22-35-29-20-9-15-24-14-4-5-16-25(24)29/h1-9,11-12,14-20H,10,13,21-22H2,(H,33,34)/b18-8+. The minimum atomic E-state index is -1.33. The number of ether oxygens (including phenoxy) is 2. The van der Waals surface area contributed by atoms with Crippen molar-refractivity contribution in [3.63, 3.8) is 0 Å². The predicted octanol–water partition coefficient (Wildman–Crippen LogP) is 7.58. The van der Waals surface area contributed by atoms with Gasteiger partial charge in [0.15, 0.2) is 0 Å². The van der Waals surface area contributed by atoms with Gasteiger partial charge in [0.05, 0.1) is 12.1 Å². The fourth-order valence-corrected chi connectivity index (χ4v) is 4.54. The van der Waals surface area contributed by atoms with Crippen LogP contribution in [0.25, 0.3) is 27.8 Å². The first-order valence-corrected chi connectivity index (χ1v) is 12.0. The van der Waals surface area contributed by atoms with Crippen LogP contribution in [0.15, 0.2) is 103 Å². The Balaban J connectivity index is 1.38. The molecule has 5 aromatic rings. The maximum atomic E-state index is 11.6. The van der Waals surface area contributed by atoms with E-state index in [1.165, 1.54) is 5.56 Å². The van der Waals surface area contributed by atoms with E-state index in [9.17, 15) is 9.90 Å². The molecule has 0 spiro atoms. The monoisotopic (exact) mass is 477 g/mol. The number of aromatic nitrogens is 1. The SMILES string of the molecule is O=C(O)Oc1c(/C=C/Cc2ccccc2)c2ccccc2n1CCCOc1cccc2ccccc12. The average Bonchev–Trinajstić information content (AvgIpc) is 3.19. The van der Waals surface area contributed by atoms with Gasteiger partial charge in [-0.2, -0.15) is 0 Å². The first-order chi connectivity index (χ1) is 17.7. The summed E-state index contributed by atoms with van der Waals surface area (Å²) in [4.78, 5) is 11.6. The lowest BCUT2D eigenvalue weighted by atomic mass is 10.1. The summed E-state index contributed by atoms with van der Waals surface area (Å²) < 4.78 is 13.4. The molecule has 4 aromatic carbocycles. The highest BCUT2D eigenvalue weighted by Crippen LogP contribution is 2.34. The van der Waals surface area contributed by atoms with Gasteiger partial charge < -0.3 is 19.1 Å². The lowest BCUT2D eigenvalue weighted by Gasteiger charge is -2.12. The van der Waals surface area contributed by atoms with Crippen molar-refractivity contribution in [3.05, 3.63) is 114 Å². The number of benzene rings is 4. The lowest BCUT2D eigenvalue weighted by Crippen LogP contribution is -2.11. The van der Waals surface area contributed by atoms with Crippen LogP contribution in [-0.2, 0) is 13.0 Å². The summed E-state index contributed by atoms with van der Waals surface area (Å²) in [6.45, 7) is 1.05. The van der Waals surface area contributed by atoms with Crippen LogP contribution in [-0.4, -0.2) is 22.4 Å². The second-order valence-electron chi connectivity index (χ2n) is 8.53. The topological polar surface area (TPSA) is 60.7 Å². The summed E-state index contributed by atoms with van der Waals surface area (Å²) in [5, 5.41) is 12.6. The van der Waals surface area contributed by atoms with Crippen LogP contribution < -0.4 is 9.47 Å². The highest BCUT2D eigenvalue weighted by atomic mass is 16.7. The fourth-order valence-electron chi connectivity index (χ4n) is 4.54. The van der Waals surface area contributed by atoms with Crippen molar-refractivity contribution in [1.82, 2.24) is 4.57 Å². The Kier molecular flexibility index (Phi) is 6.99. The third-order valence-electron chi connectivity index (χ3n) is 6.16. The van der Waals surface area contributed by atoms with Gasteiger partial charge in [0, 0.05) is 22.9 Å². The fraction of sp³-hybridized carbons (Fsp3) is 0.129. The molecular weight excluding hydrogens is 450 g/mol. The minimum Gasteiger partial charge on any atom is -0.493 e. The van der Waals surface area contributed by atoms with Crippen LogP contribution in [0.4, 0.5) is 4.79 Å². The van der Waals surface area contributed by atoms with Gasteiger partial charge in [-0.1, -0.05) is 97.1 Å². The number of hydrogen-bond donors (Lipinski definition) is 1. The molecular formula is C31H27NO4. The Bertz CT molecular complexity index is 1510. The number of fused-ring (bicyclic) bond motifs is 2. The molecule has 0 aliphatic carbocycles. The lowest BCUT2D eigenvalue weighted by molar-refractivity contribution is 0.140. The Hall–Kier alpha value is -4.51. The second kappa shape index (κ2) is 10.8. The number of carboxylic acid groups (broad SMARTS) is 1. The zero-order valence-corrected chi connectivity index (χ0v) is 19.8. The van der Waals surface area contributed by atoms with E-state index < -0.39 is 6.16 Å². The first-order valence-electron chi connectivity index (χ1n) is 12.0. The minimum absolute atomic E-state index is 0.332. The highest BCUT2D eigenvalue weighted by Gasteiger charge is 2.19. The van der Waals surface area contributed by atoms with Crippen molar-refractivity contribution in [2.45, 2.75) is 19.4 Å². The maximum absolute atomic E-state index is 11.6. The third-order valence-corrected chi connectivity index (χ3v) is 6.16. The maximum Gasteiger partial charge on any atom is 0.512 e. The molecule has 0 aliphatic heterocycles. The molecule has 0 saturated heterocycles. The van der Waals surface area contributed by atoms with Crippen molar-refractivity contribution in [1.29, 1.82) is 0 Å². The van der Waals surface area contributed by atoms with Gasteiger partial charge >= 0.3 is 6.16 Å². The number of nitrogens with zero attached hydrogens (tertiary/aromatic N) is 1. The number of rotatable bonds is 9. The van der Waals surface area contributed by atoms with E-state index in [1.54, 1.807) is 0 Å². The van der Waals surface area contributed by atoms with Crippen molar-refractivity contribution in [3.8, 4) is 11.6 Å². The normalized spacial score (nSPS) is 11.3. The van der Waals surface area contributed by atoms with Gasteiger partial charge in [0.2, 0.25) is 5.88 Å². The molecule has 0 saturated carbocycles. The molecule has 5 heteroatoms. The van der Waals surface area contributed by atoms with Crippen molar-refractivity contribution in [2.75, 3.05) is 6.61 Å². The molecule has 36 heavy (non-hydrogen) atoms. The average molecular weight is 478 g/mol. The summed E-state index contributed by atoms with van der Waals surface area (Å²) >= 11 is 0. The number of hydrogen-bond acceptors (Lipinski definition) is 3. The first kappa shape index (κ1) is 23.2. The molecule has 0 bridgehead atoms. The molecule has 0 amide bonds. The van der Waals surface area contributed by atoms with E-state index >= 15 is 0 Å². The molecule has 0 atom stereocenters. The van der Waals surface area contributed by atoms with Crippen LogP contribution in [0, 0.1) is 0 Å². The second-order valence-corrected chi connectivity index (χ2v) is 8.53. The molecule has 0 aliphatic rings. The van der Waals surface area contributed by atoms with Gasteiger partial charge in [-0.3, -0.25) is 0 Å². The Morgan fingerprint density at radius 3 is 2.39 bits per heavy atom. The molecule has 180 valence electrons. The largest absolute Gasteiger partial charge is 0.512 e. The summed E-state index contributed by atoms with van der Waals surface area (Å²) in [5.74, 6) is 1.18. The third kappa shape index (κ3) is 5.10. The van der Waals surface area contributed by atoms with E-state index in [4.69, 9.17) is 9.47 Å². The van der Waals surface area contributed by atoms with Crippen molar-refractivity contribution < 1.29 is 19.4 Å². The molecule has 1 aromatic heterocycles. The molecule has 1 N–H and O–H groups in total. The zero-order chi connectivity index (χ0) is 24.7. The van der Waals surface area contributed by atoms with E-state index in [1.807, 2.05) is 83.4 Å². The molecule has 5 rings (SSSR count). The summed E-state index contributed by atoms with van der Waals surface area (Å²) in [7, 11) is 0. The Labute approximate surface area is 209 Å². The van der Waals surface area contributed by atoms with E-state index in [2.05, 4.69) is 30.3 Å². The van der Waals surface area contributed by atoms with E-state index in [0.29, 0.717) is 25.5 Å². The summed E-state index contributed by atoms with van der Waals surface area (Å²) in [6.07, 6.45) is 4.09. The number of allylic oxidation sites excluding steroid dienone is 1. The Morgan fingerprint density at radius 2 is 1.56 bits per heavy atom. The molecule has 1 heterocycles. The van der Waals surface area contributed by atoms with E-state index in [-0.39, 0.29) is 0 Å². The van der Waals surface area contributed by atoms with Crippen molar-refractivity contribution in [2.24, 2.45) is 0 Å². The quantitative estimate of drug-likeness (QED) is 0.176.